The van der Waals surface area contributed by atoms with Crippen molar-refractivity contribution in [1.29, 1.82) is 0 Å². The number of hydrogen-bond acceptors (Lipinski definition) is 5. The Morgan fingerprint density at radius 1 is 1.29 bits per heavy atom. The fourth-order valence-electron chi connectivity index (χ4n) is 0.772. The van der Waals surface area contributed by atoms with Crippen LogP contribution in [0.25, 0.3) is 0 Å². The highest BCUT2D eigenvalue weighted by Gasteiger charge is 2.53. The number of hydrogen-bond donors (Lipinski definition) is 2. The van der Waals surface area contributed by atoms with Crippen molar-refractivity contribution in [2.45, 2.75) is 19.6 Å². The summed E-state index contributed by atoms with van der Waals surface area (Å²) in [5.41, 5.74) is -2.61. The summed E-state index contributed by atoms with van der Waals surface area (Å²) < 4.78 is 24.4. The fraction of sp³-hybridized carbons (Fsp3) is 0.833. The van der Waals surface area contributed by atoms with Gasteiger partial charge in [-0.05, 0) is 13.8 Å². The molecule has 0 unspecified atom stereocenters. The lowest BCUT2D eigenvalue weighted by molar-refractivity contribution is -0.308. The Hall–Kier alpha value is -0.460. The maximum atomic E-state index is 11.0. The third-order valence-electron chi connectivity index (χ3n) is 1.21. The molecule has 0 saturated carbocycles. The molecule has 0 aromatic rings. The average Bonchev–Trinajstić information content (AvgIpc) is 2.03. The number of rotatable bonds is 7. The summed E-state index contributed by atoms with van der Waals surface area (Å²) >= 11 is 0. The van der Waals surface area contributed by atoms with E-state index in [2.05, 4.69) is 14.2 Å². The molecule has 0 aliphatic rings. The second-order valence-electron chi connectivity index (χ2n) is 2.15. The Labute approximate surface area is 81.1 Å². The van der Waals surface area contributed by atoms with E-state index in [1.54, 1.807) is 0 Å². The molecule has 0 aliphatic heterocycles. The second kappa shape index (κ2) is 5.43. The number of carbonyl (C=O) groups excluding carboxylic acids is 1. The Morgan fingerprint density at radius 3 is 1.93 bits per heavy atom. The van der Waals surface area contributed by atoms with Gasteiger partial charge in [0.15, 0.2) is 0 Å². The molecular weight excluding hydrogens is 215 g/mol. The van der Waals surface area contributed by atoms with Crippen molar-refractivity contribution < 1.29 is 33.4 Å². The van der Waals surface area contributed by atoms with Crippen molar-refractivity contribution >= 4 is 14.1 Å². The van der Waals surface area contributed by atoms with Crippen LogP contribution in [0.15, 0.2) is 0 Å². The van der Waals surface area contributed by atoms with Gasteiger partial charge in [0.05, 0.1) is 13.2 Å². The molecule has 0 rings (SSSR count). The van der Waals surface area contributed by atoms with Gasteiger partial charge in [-0.1, -0.05) is 0 Å². The molecule has 8 heteroatoms. The van der Waals surface area contributed by atoms with E-state index < -0.39 is 13.3 Å². The molecule has 0 spiro atoms. The summed E-state index contributed by atoms with van der Waals surface area (Å²) in [7, 11) is -4.85. The molecule has 0 aliphatic carbocycles. The molecule has 84 valence electrons. The Balaban J connectivity index is 4.92. The predicted octanol–water partition coefficient (Wildman–Crippen LogP) is 0.0214. The standard InChI is InChI=1S/C6H13O7P/c1-3-11-6(12-4-2,13-5-7)14(8,9)10/h5H,3-4H2,1-2H3,(H2,8,9,10). The van der Waals surface area contributed by atoms with Gasteiger partial charge in [0.1, 0.15) is 0 Å². The van der Waals surface area contributed by atoms with Gasteiger partial charge >= 0.3 is 13.3 Å². The SMILES string of the molecule is CCOC(OC=O)(OCC)P(=O)(O)O. The summed E-state index contributed by atoms with van der Waals surface area (Å²) in [6, 6.07) is 0. The molecular formula is C6H13O7P. The summed E-state index contributed by atoms with van der Waals surface area (Å²) in [5.74, 6) is 0. The first-order valence-corrected chi connectivity index (χ1v) is 5.49. The van der Waals surface area contributed by atoms with Crippen LogP contribution < -0.4 is 0 Å². The van der Waals surface area contributed by atoms with Gasteiger partial charge in [0.2, 0.25) is 0 Å². The van der Waals surface area contributed by atoms with Gasteiger partial charge in [-0.25, -0.2) is 4.57 Å². The van der Waals surface area contributed by atoms with E-state index >= 15 is 0 Å². The lowest BCUT2D eigenvalue weighted by Crippen LogP contribution is -2.38. The first-order chi connectivity index (χ1) is 6.43. The van der Waals surface area contributed by atoms with Gasteiger partial charge in [-0.2, -0.15) is 0 Å². The predicted molar refractivity (Wildman–Crippen MR) is 45.2 cm³/mol. The van der Waals surface area contributed by atoms with Gasteiger partial charge in [0, 0.05) is 0 Å². The molecule has 0 atom stereocenters. The van der Waals surface area contributed by atoms with E-state index in [9.17, 15) is 9.36 Å². The molecule has 7 nitrogen and oxygen atoms in total. The van der Waals surface area contributed by atoms with Crippen molar-refractivity contribution in [2.24, 2.45) is 0 Å². The van der Waals surface area contributed by atoms with Gasteiger partial charge < -0.3 is 24.0 Å². The van der Waals surface area contributed by atoms with Crippen molar-refractivity contribution in [2.75, 3.05) is 13.2 Å². The molecule has 0 amide bonds. The second-order valence-corrected chi connectivity index (χ2v) is 3.78. The van der Waals surface area contributed by atoms with E-state index in [1.807, 2.05) is 0 Å². The Morgan fingerprint density at radius 2 is 1.71 bits per heavy atom. The van der Waals surface area contributed by atoms with Crippen molar-refractivity contribution in [3.63, 3.8) is 0 Å². The van der Waals surface area contributed by atoms with Gasteiger partial charge in [-0.15, -0.1) is 0 Å². The molecule has 0 heterocycles. The normalized spacial score (nSPS) is 12.6. The molecule has 2 N–H and O–H groups in total. The van der Waals surface area contributed by atoms with Crippen LogP contribution in [0.4, 0.5) is 0 Å². The summed E-state index contributed by atoms with van der Waals surface area (Å²) in [4.78, 5) is 27.9. The van der Waals surface area contributed by atoms with Crippen LogP contribution in [-0.2, 0) is 23.6 Å². The van der Waals surface area contributed by atoms with Crippen molar-refractivity contribution in [1.82, 2.24) is 0 Å². The molecule has 0 aromatic heterocycles. The average molecular weight is 228 g/mol. The van der Waals surface area contributed by atoms with Crippen molar-refractivity contribution in [3.05, 3.63) is 0 Å². The first kappa shape index (κ1) is 13.5. The Bertz CT molecular complexity index is 216. The first-order valence-electron chi connectivity index (χ1n) is 3.88. The van der Waals surface area contributed by atoms with Crippen LogP contribution in [-0.4, -0.2) is 35.2 Å². The van der Waals surface area contributed by atoms with Crippen LogP contribution in [0.3, 0.4) is 0 Å². The van der Waals surface area contributed by atoms with E-state index in [-0.39, 0.29) is 19.7 Å². The summed E-state index contributed by atoms with van der Waals surface area (Å²) in [5, 5.41) is 0. The van der Waals surface area contributed by atoms with E-state index in [0.29, 0.717) is 0 Å². The minimum absolute atomic E-state index is 0.0705. The molecule has 0 radical (unpaired) electrons. The summed E-state index contributed by atoms with van der Waals surface area (Å²) in [6.45, 7) is 2.69. The number of carbonyl (C=O) groups is 1. The largest absolute Gasteiger partial charge is 0.436 e. The minimum Gasteiger partial charge on any atom is -0.400 e. The zero-order valence-corrected chi connectivity index (χ0v) is 8.77. The van der Waals surface area contributed by atoms with Gasteiger partial charge in [-0.3, -0.25) is 4.79 Å². The maximum Gasteiger partial charge on any atom is 0.436 e. The maximum absolute atomic E-state index is 11.0. The highest BCUT2D eigenvalue weighted by molar-refractivity contribution is 7.52. The molecule has 0 aromatic carbocycles. The van der Waals surface area contributed by atoms with Gasteiger partial charge in [0.25, 0.3) is 6.47 Å². The molecule has 14 heavy (non-hydrogen) atoms. The zero-order valence-electron chi connectivity index (χ0n) is 7.87. The molecule has 0 bridgehead atoms. The van der Waals surface area contributed by atoms with Crippen molar-refractivity contribution in [3.8, 4) is 0 Å². The summed E-state index contributed by atoms with van der Waals surface area (Å²) in [6.07, 6.45) is 0. The van der Waals surface area contributed by atoms with Crippen LogP contribution in [0, 0.1) is 0 Å². The van der Waals surface area contributed by atoms with E-state index in [4.69, 9.17) is 9.79 Å². The van der Waals surface area contributed by atoms with Crippen LogP contribution in [0.2, 0.25) is 0 Å². The monoisotopic (exact) mass is 228 g/mol. The number of ether oxygens (including phenoxy) is 3. The van der Waals surface area contributed by atoms with E-state index in [0.717, 1.165) is 0 Å². The zero-order chi connectivity index (χ0) is 11.2. The van der Waals surface area contributed by atoms with Crippen LogP contribution in [0.5, 0.6) is 0 Å². The topological polar surface area (TPSA) is 102 Å². The fourth-order valence-corrected chi connectivity index (χ4v) is 1.55. The third kappa shape index (κ3) is 3.04. The lowest BCUT2D eigenvalue weighted by Gasteiger charge is -2.29. The highest BCUT2D eigenvalue weighted by Crippen LogP contribution is 2.52. The minimum atomic E-state index is -4.85. The highest BCUT2D eigenvalue weighted by atomic mass is 31.2. The molecule has 0 fully saturated rings. The lowest BCUT2D eigenvalue weighted by atomic mass is 10.8. The Kier molecular flexibility index (Phi) is 5.25. The van der Waals surface area contributed by atoms with Crippen LogP contribution >= 0.6 is 7.60 Å². The van der Waals surface area contributed by atoms with E-state index in [1.165, 1.54) is 13.8 Å². The quantitative estimate of drug-likeness (QED) is 0.359. The smallest absolute Gasteiger partial charge is 0.400 e. The third-order valence-corrected chi connectivity index (χ3v) is 2.28. The van der Waals surface area contributed by atoms with Crippen LogP contribution in [0.1, 0.15) is 13.8 Å². The molecule has 0 saturated heterocycles.